The highest BCUT2D eigenvalue weighted by molar-refractivity contribution is 7.91. The summed E-state index contributed by atoms with van der Waals surface area (Å²) in [4.78, 5) is 15.4. The summed E-state index contributed by atoms with van der Waals surface area (Å²) < 4.78 is 37.8. The van der Waals surface area contributed by atoms with Gasteiger partial charge in [0.1, 0.15) is 15.7 Å². The molecule has 2 aromatic rings. The smallest absolute Gasteiger partial charge is 0.252 e. The van der Waals surface area contributed by atoms with Crippen LogP contribution in [0.1, 0.15) is 10.4 Å². The number of carbonyl (C=O) groups is 1. The van der Waals surface area contributed by atoms with Gasteiger partial charge < -0.3 is 14.4 Å². The van der Waals surface area contributed by atoms with Gasteiger partial charge in [0.15, 0.2) is 0 Å². The second-order valence-corrected chi connectivity index (χ2v) is 9.96. The fourth-order valence-electron chi connectivity index (χ4n) is 3.13. The van der Waals surface area contributed by atoms with E-state index in [1.165, 1.54) is 15.6 Å². The number of benzene rings is 1. The number of carbonyl (C=O) groups excluding carboxylic acids is 1. The van der Waals surface area contributed by atoms with Crippen LogP contribution < -0.4 is 9.47 Å². The number of thiophene rings is 1. The molecule has 0 atom stereocenters. The molecule has 2 heterocycles. The van der Waals surface area contributed by atoms with E-state index >= 15 is 0 Å². The number of piperazine rings is 1. The van der Waals surface area contributed by atoms with E-state index in [2.05, 4.69) is 0 Å². The van der Waals surface area contributed by atoms with Crippen molar-refractivity contribution in [2.45, 2.75) is 17.6 Å². The number of hydrogen-bond donors (Lipinski definition) is 0. The number of rotatable bonds is 6. The number of methoxy groups -OCH3 is 2. The van der Waals surface area contributed by atoms with Gasteiger partial charge in [-0.05, 0) is 25.1 Å². The Bertz CT molecular complexity index is 947. The van der Waals surface area contributed by atoms with Gasteiger partial charge in [-0.1, -0.05) is 6.07 Å². The van der Waals surface area contributed by atoms with E-state index in [9.17, 15) is 13.2 Å². The summed E-state index contributed by atoms with van der Waals surface area (Å²) in [6.45, 7) is 3.23. The van der Waals surface area contributed by atoms with Crippen molar-refractivity contribution in [3.05, 3.63) is 40.8 Å². The SMILES string of the molecule is COc1ccc(CC(=O)N2CCN(S(=O)(=O)c3ccc(C)s3)CC2)c(OC)c1. The van der Waals surface area contributed by atoms with Crippen molar-refractivity contribution in [3.63, 3.8) is 0 Å². The summed E-state index contributed by atoms with van der Waals surface area (Å²) in [5.74, 6) is 1.21. The van der Waals surface area contributed by atoms with Crippen LogP contribution in [0.25, 0.3) is 0 Å². The van der Waals surface area contributed by atoms with Crippen molar-refractivity contribution in [1.29, 1.82) is 0 Å². The van der Waals surface area contributed by atoms with Crippen LogP contribution in [-0.4, -0.2) is 63.9 Å². The Labute approximate surface area is 169 Å². The highest BCUT2D eigenvalue weighted by atomic mass is 32.2. The molecule has 0 bridgehead atoms. The van der Waals surface area contributed by atoms with Crippen molar-refractivity contribution in [2.75, 3.05) is 40.4 Å². The maximum absolute atomic E-state index is 12.7. The van der Waals surface area contributed by atoms with E-state index in [4.69, 9.17) is 9.47 Å². The fourth-order valence-corrected chi connectivity index (χ4v) is 5.99. The quantitative estimate of drug-likeness (QED) is 0.710. The van der Waals surface area contributed by atoms with E-state index in [0.29, 0.717) is 41.9 Å². The zero-order valence-electron chi connectivity index (χ0n) is 16.2. The summed E-state index contributed by atoms with van der Waals surface area (Å²) in [5, 5.41) is 0. The van der Waals surface area contributed by atoms with Crippen molar-refractivity contribution in [1.82, 2.24) is 9.21 Å². The minimum absolute atomic E-state index is 0.0486. The fraction of sp³-hybridized carbons (Fsp3) is 0.421. The maximum Gasteiger partial charge on any atom is 0.252 e. The van der Waals surface area contributed by atoms with Crippen LogP contribution in [-0.2, 0) is 21.2 Å². The molecule has 3 rings (SSSR count). The Hall–Kier alpha value is -2.10. The molecule has 0 radical (unpaired) electrons. The average molecular weight is 425 g/mol. The Kier molecular flexibility index (Phi) is 6.26. The molecule has 28 heavy (non-hydrogen) atoms. The average Bonchev–Trinajstić information content (AvgIpc) is 3.15. The summed E-state index contributed by atoms with van der Waals surface area (Å²) in [7, 11) is -0.359. The lowest BCUT2D eigenvalue weighted by Crippen LogP contribution is -2.50. The molecule has 1 aliphatic heterocycles. The zero-order chi connectivity index (χ0) is 20.3. The van der Waals surface area contributed by atoms with E-state index in [0.717, 1.165) is 10.4 Å². The van der Waals surface area contributed by atoms with Gasteiger partial charge in [-0.15, -0.1) is 11.3 Å². The Morgan fingerprint density at radius 1 is 1.07 bits per heavy atom. The third-order valence-electron chi connectivity index (χ3n) is 4.74. The van der Waals surface area contributed by atoms with Crippen LogP contribution in [0.5, 0.6) is 11.5 Å². The molecule has 1 fully saturated rings. The molecule has 0 spiro atoms. The van der Waals surface area contributed by atoms with Gasteiger partial charge in [-0.3, -0.25) is 4.79 Å². The third-order valence-corrected chi connectivity index (χ3v) is 8.10. The van der Waals surface area contributed by atoms with Crippen LogP contribution >= 0.6 is 11.3 Å². The number of amides is 1. The van der Waals surface area contributed by atoms with Gasteiger partial charge >= 0.3 is 0 Å². The van der Waals surface area contributed by atoms with Gasteiger partial charge in [0.25, 0.3) is 10.0 Å². The van der Waals surface area contributed by atoms with E-state index < -0.39 is 10.0 Å². The highest BCUT2D eigenvalue weighted by Crippen LogP contribution is 2.27. The molecule has 0 N–H and O–H groups in total. The molecular formula is C19H24N2O5S2. The third kappa shape index (κ3) is 4.31. The molecule has 1 aromatic carbocycles. The van der Waals surface area contributed by atoms with Gasteiger partial charge in [-0.2, -0.15) is 4.31 Å². The van der Waals surface area contributed by atoms with Crippen LogP contribution in [0.2, 0.25) is 0 Å². The monoisotopic (exact) mass is 424 g/mol. The topological polar surface area (TPSA) is 76.2 Å². The molecule has 1 aromatic heterocycles. The number of hydrogen-bond acceptors (Lipinski definition) is 6. The first-order valence-corrected chi connectivity index (χ1v) is 11.2. The molecule has 1 saturated heterocycles. The van der Waals surface area contributed by atoms with E-state index in [1.807, 2.05) is 13.0 Å². The normalized spacial score (nSPS) is 15.5. The van der Waals surface area contributed by atoms with Crippen LogP contribution in [0.3, 0.4) is 0 Å². The molecule has 1 aliphatic rings. The highest BCUT2D eigenvalue weighted by Gasteiger charge is 2.31. The second kappa shape index (κ2) is 8.50. The van der Waals surface area contributed by atoms with Crippen molar-refractivity contribution in [3.8, 4) is 11.5 Å². The van der Waals surface area contributed by atoms with Gasteiger partial charge in [0.2, 0.25) is 5.91 Å². The first-order chi connectivity index (χ1) is 13.3. The Morgan fingerprint density at radius 3 is 2.36 bits per heavy atom. The van der Waals surface area contributed by atoms with E-state index in [-0.39, 0.29) is 12.3 Å². The summed E-state index contributed by atoms with van der Waals surface area (Å²) >= 11 is 1.27. The van der Waals surface area contributed by atoms with Gasteiger partial charge in [0, 0.05) is 42.7 Å². The van der Waals surface area contributed by atoms with Crippen LogP contribution in [0.4, 0.5) is 0 Å². The molecular weight excluding hydrogens is 400 g/mol. The Morgan fingerprint density at radius 2 is 1.79 bits per heavy atom. The van der Waals surface area contributed by atoms with Gasteiger partial charge in [-0.25, -0.2) is 8.42 Å². The molecule has 9 heteroatoms. The molecule has 1 amide bonds. The first-order valence-electron chi connectivity index (χ1n) is 8.90. The van der Waals surface area contributed by atoms with E-state index in [1.54, 1.807) is 43.4 Å². The first kappa shape index (κ1) is 20.6. The standard InChI is InChI=1S/C19H24N2O5S2/c1-14-4-7-19(27-14)28(23,24)21-10-8-20(9-11-21)18(22)12-15-5-6-16(25-2)13-17(15)26-3/h4-7,13H,8-12H2,1-3H3. The lowest BCUT2D eigenvalue weighted by molar-refractivity contribution is -0.131. The predicted octanol–water partition coefficient (Wildman–Crippen LogP) is 2.15. The van der Waals surface area contributed by atoms with Crippen LogP contribution in [0.15, 0.2) is 34.5 Å². The Balaban J connectivity index is 1.63. The summed E-state index contributed by atoms with van der Waals surface area (Å²) in [5.41, 5.74) is 0.775. The molecule has 0 unspecified atom stereocenters. The zero-order valence-corrected chi connectivity index (χ0v) is 17.8. The second-order valence-electron chi connectivity index (χ2n) is 6.50. The predicted molar refractivity (Wildman–Crippen MR) is 108 cm³/mol. The molecule has 152 valence electrons. The number of ether oxygens (including phenoxy) is 2. The van der Waals surface area contributed by atoms with Gasteiger partial charge in [0.05, 0.1) is 20.6 Å². The largest absolute Gasteiger partial charge is 0.497 e. The minimum Gasteiger partial charge on any atom is -0.497 e. The van der Waals surface area contributed by atoms with Crippen LogP contribution in [0, 0.1) is 6.92 Å². The minimum atomic E-state index is -3.49. The van der Waals surface area contributed by atoms with Crippen molar-refractivity contribution >= 4 is 27.3 Å². The summed E-state index contributed by atoms with van der Waals surface area (Å²) in [6.07, 6.45) is 0.198. The number of aryl methyl sites for hydroxylation is 1. The lowest BCUT2D eigenvalue weighted by Gasteiger charge is -2.33. The van der Waals surface area contributed by atoms with Crippen molar-refractivity contribution < 1.29 is 22.7 Å². The molecule has 7 nitrogen and oxygen atoms in total. The number of nitrogens with zero attached hydrogens (tertiary/aromatic N) is 2. The lowest BCUT2D eigenvalue weighted by atomic mass is 10.1. The molecule has 0 aliphatic carbocycles. The summed E-state index contributed by atoms with van der Waals surface area (Å²) in [6, 6.07) is 8.80. The van der Waals surface area contributed by atoms with Crippen molar-refractivity contribution in [2.24, 2.45) is 0 Å². The number of sulfonamides is 1. The maximum atomic E-state index is 12.7. The molecule has 0 saturated carbocycles.